The first-order valence-electron chi connectivity index (χ1n) is 6.80. The van der Waals surface area contributed by atoms with Gasteiger partial charge in [0.25, 0.3) is 5.92 Å². The molecule has 2 rings (SSSR count). The maximum absolute atomic E-state index is 13.0. The van der Waals surface area contributed by atoms with Gasteiger partial charge in [-0.3, -0.25) is 14.9 Å². The molecule has 114 valence electrons. The Bertz CT molecular complexity index is 420. The molecule has 0 aliphatic carbocycles. The van der Waals surface area contributed by atoms with Gasteiger partial charge in [0.15, 0.2) is 0 Å². The summed E-state index contributed by atoms with van der Waals surface area (Å²) in [4.78, 5) is 25.5. The zero-order valence-electron chi connectivity index (χ0n) is 12.0. The van der Waals surface area contributed by atoms with Crippen LogP contribution < -0.4 is 10.6 Å². The number of halogens is 2. The highest BCUT2D eigenvalue weighted by Gasteiger charge is 2.44. The second-order valence-corrected chi connectivity index (χ2v) is 6.58. The molecule has 2 saturated heterocycles. The lowest BCUT2D eigenvalue weighted by Crippen LogP contribution is -2.48. The van der Waals surface area contributed by atoms with Crippen molar-refractivity contribution in [3.63, 3.8) is 0 Å². The third kappa shape index (κ3) is 3.26. The quantitative estimate of drug-likeness (QED) is 0.778. The Morgan fingerprint density at radius 1 is 1.45 bits per heavy atom. The number of alkyl halides is 2. The minimum absolute atomic E-state index is 0.0208. The van der Waals surface area contributed by atoms with Crippen molar-refractivity contribution in [2.24, 2.45) is 0 Å². The maximum Gasteiger partial charge on any atom is 0.262 e. The van der Waals surface area contributed by atoms with Crippen molar-refractivity contribution >= 4 is 11.8 Å². The molecule has 0 spiro atoms. The Morgan fingerprint density at radius 2 is 2.10 bits per heavy atom. The summed E-state index contributed by atoms with van der Waals surface area (Å²) in [5, 5.41) is 5.21. The van der Waals surface area contributed by atoms with E-state index >= 15 is 0 Å². The number of rotatable bonds is 2. The lowest BCUT2D eigenvalue weighted by atomic mass is 10.1. The third-order valence-electron chi connectivity index (χ3n) is 3.71. The molecular weight excluding hydrogens is 268 g/mol. The topological polar surface area (TPSA) is 61.4 Å². The molecule has 5 nitrogen and oxygen atoms in total. The van der Waals surface area contributed by atoms with Crippen molar-refractivity contribution in [2.75, 3.05) is 13.1 Å². The molecule has 2 heterocycles. The van der Waals surface area contributed by atoms with E-state index in [1.165, 1.54) is 0 Å². The number of carbonyl (C=O) groups excluding carboxylic acids is 2. The minimum Gasteiger partial charge on any atom is -0.350 e. The van der Waals surface area contributed by atoms with Crippen LogP contribution in [-0.2, 0) is 9.59 Å². The van der Waals surface area contributed by atoms with Gasteiger partial charge in [-0.15, -0.1) is 0 Å². The molecule has 2 amide bonds. The van der Waals surface area contributed by atoms with Crippen molar-refractivity contribution in [3.05, 3.63) is 0 Å². The van der Waals surface area contributed by atoms with E-state index in [-0.39, 0.29) is 23.9 Å². The Balaban J connectivity index is 1.89. The summed E-state index contributed by atoms with van der Waals surface area (Å²) in [5.74, 6) is -3.30. The monoisotopic (exact) mass is 289 g/mol. The van der Waals surface area contributed by atoms with E-state index in [4.69, 9.17) is 0 Å². The van der Waals surface area contributed by atoms with Gasteiger partial charge in [0.2, 0.25) is 11.8 Å². The summed E-state index contributed by atoms with van der Waals surface area (Å²) in [5.41, 5.74) is -0.296. The summed E-state index contributed by atoms with van der Waals surface area (Å²) >= 11 is 0. The molecule has 2 N–H and O–H groups in total. The second-order valence-electron chi connectivity index (χ2n) is 6.58. The Kier molecular flexibility index (Phi) is 3.75. The van der Waals surface area contributed by atoms with Crippen molar-refractivity contribution < 1.29 is 18.4 Å². The summed E-state index contributed by atoms with van der Waals surface area (Å²) in [6.45, 7) is 5.73. The molecule has 0 saturated carbocycles. The van der Waals surface area contributed by atoms with Crippen LogP contribution in [0.1, 0.15) is 33.6 Å². The van der Waals surface area contributed by atoms with E-state index in [0.29, 0.717) is 6.54 Å². The molecule has 0 aromatic rings. The zero-order valence-corrected chi connectivity index (χ0v) is 12.0. The van der Waals surface area contributed by atoms with Crippen LogP contribution in [0.15, 0.2) is 0 Å². The van der Waals surface area contributed by atoms with Gasteiger partial charge in [-0.25, -0.2) is 8.78 Å². The van der Waals surface area contributed by atoms with Crippen LogP contribution in [0.5, 0.6) is 0 Å². The van der Waals surface area contributed by atoms with Crippen molar-refractivity contribution in [2.45, 2.75) is 57.2 Å². The summed E-state index contributed by atoms with van der Waals surface area (Å²) in [6, 6.07) is -1.17. The zero-order chi connectivity index (χ0) is 15.1. The number of carbonyl (C=O) groups is 2. The van der Waals surface area contributed by atoms with E-state index in [2.05, 4.69) is 10.6 Å². The molecule has 0 aromatic heterocycles. The SMILES string of the molecule is CC(C)(C)N1CC(NC(=O)C2CC(F)(F)CN2)CC1=O. The van der Waals surface area contributed by atoms with Gasteiger partial charge in [-0.2, -0.15) is 0 Å². The van der Waals surface area contributed by atoms with E-state index < -0.39 is 30.8 Å². The highest BCUT2D eigenvalue weighted by atomic mass is 19.3. The summed E-state index contributed by atoms with van der Waals surface area (Å²) in [6.07, 6.45) is -0.255. The number of amides is 2. The summed E-state index contributed by atoms with van der Waals surface area (Å²) < 4.78 is 26.1. The molecule has 0 aromatic carbocycles. The molecule has 2 fully saturated rings. The van der Waals surface area contributed by atoms with Crippen LogP contribution >= 0.6 is 0 Å². The number of nitrogens with one attached hydrogen (secondary N) is 2. The van der Waals surface area contributed by atoms with Crippen LogP contribution in [0.4, 0.5) is 8.78 Å². The average Bonchev–Trinajstić information content (AvgIpc) is 2.81. The average molecular weight is 289 g/mol. The van der Waals surface area contributed by atoms with E-state index in [1.807, 2.05) is 20.8 Å². The van der Waals surface area contributed by atoms with E-state index in [9.17, 15) is 18.4 Å². The maximum atomic E-state index is 13.0. The predicted molar refractivity (Wildman–Crippen MR) is 69.4 cm³/mol. The molecule has 2 atom stereocenters. The van der Waals surface area contributed by atoms with Gasteiger partial charge in [0.1, 0.15) is 0 Å². The molecule has 0 bridgehead atoms. The first-order valence-corrected chi connectivity index (χ1v) is 6.80. The van der Waals surface area contributed by atoms with Gasteiger partial charge in [0, 0.05) is 24.9 Å². The first kappa shape index (κ1) is 15.2. The van der Waals surface area contributed by atoms with E-state index in [0.717, 1.165) is 0 Å². The smallest absolute Gasteiger partial charge is 0.262 e. The Hall–Kier alpha value is -1.24. The van der Waals surface area contributed by atoms with Crippen molar-refractivity contribution in [1.82, 2.24) is 15.5 Å². The fourth-order valence-corrected chi connectivity index (χ4v) is 2.66. The highest BCUT2D eigenvalue weighted by Crippen LogP contribution is 2.26. The molecular formula is C13H21F2N3O2. The molecule has 0 radical (unpaired) electrons. The Labute approximate surface area is 117 Å². The standard InChI is InChI=1S/C13H21F2N3O2/c1-12(2,3)18-6-8(4-10(18)19)17-11(20)9-5-13(14,15)7-16-9/h8-9,16H,4-7H2,1-3H3,(H,17,20). The summed E-state index contributed by atoms with van der Waals surface area (Å²) in [7, 11) is 0. The van der Waals surface area contributed by atoms with Gasteiger partial charge in [-0.1, -0.05) is 0 Å². The molecule has 2 aliphatic heterocycles. The predicted octanol–water partition coefficient (Wildman–Crippen LogP) is 0.499. The van der Waals surface area contributed by atoms with Crippen LogP contribution in [0.3, 0.4) is 0 Å². The number of hydrogen-bond acceptors (Lipinski definition) is 3. The van der Waals surface area contributed by atoms with Crippen LogP contribution in [0.2, 0.25) is 0 Å². The van der Waals surface area contributed by atoms with Crippen molar-refractivity contribution in [1.29, 1.82) is 0 Å². The fourth-order valence-electron chi connectivity index (χ4n) is 2.66. The minimum atomic E-state index is -2.83. The van der Waals surface area contributed by atoms with Crippen LogP contribution in [0, 0.1) is 0 Å². The number of nitrogens with zero attached hydrogens (tertiary/aromatic N) is 1. The van der Waals surface area contributed by atoms with Crippen molar-refractivity contribution in [3.8, 4) is 0 Å². The van der Waals surface area contributed by atoms with Crippen LogP contribution in [0.25, 0.3) is 0 Å². The highest BCUT2D eigenvalue weighted by molar-refractivity contribution is 5.85. The Morgan fingerprint density at radius 3 is 2.55 bits per heavy atom. The molecule has 20 heavy (non-hydrogen) atoms. The number of hydrogen-bond donors (Lipinski definition) is 2. The van der Waals surface area contributed by atoms with E-state index in [1.54, 1.807) is 4.90 Å². The fraction of sp³-hybridized carbons (Fsp3) is 0.846. The first-order chi connectivity index (χ1) is 9.08. The lowest BCUT2D eigenvalue weighted by molar-refractivity contribution is -0.131. The van der Waals surface area contributed by atoms with Gasteiger partial charge in [0.05, 0.1) is 18.6 Å². The largest absolute Gasteiger partial charge is 0.350 e. The number of likely N-dealkylation sites (tertiary alicyclic amines) is 1. The normalized spacial score (nSPS) is 29.9. The van der Waals surface area contributed by atoms with Gasteiger partial charge >= 0.3 is 0 Å². The molecule has 2 aliphatic rings. The second kappa shape index (κ2) is 4.95. The molecule has 2 unspecified atom stereocenters. The van der Waals surface area contributed by atoms with Crippen LogP contribution in [-0.4, -0.2) is 53.3 Å². The lowest BCUT2D eigenvalue weighted by Gasteiger charge is -2.32. The molecule has 7 heteroatoms. The van der Waals surface area contributed by atoms with Gasteiger partial charge < -0.3 is 10.2 Å². The van der Waals surface area contributed by atoms with Gasteiger partial charge in [-0.05, 0) is 20.8 Å². The third-order valence-corrected chi connectivity index (χ3v) is 3.71.